The van der Waals surface area contributed by atoms with Crippen molar-refractivity contribution in [1.82, 2.24) is 9.97 Å². The van der Waals surface area contributed by atoms with Crippen LogP contribution < -0.4 is 0 Å². The van der Waals surface area contributed by atoms with Crippen LogP contribution in [0.2, 0.25) is 0 Å². The molecular formula is C22H22N4O2. The molecule has 0 saturated heterocycles. The number of aromatic nitrogens is 2. The van der Waals surface area contributed by atoms with E-state index in [4.69, 9.17) is 0 Å². The standard InChI is InChI=1S/C22H22N4O2/c1-15(27)22(28)11-6-7-16-17(10-12-22)21(19-9-3-5-14-24-19)26-25-20(16)18-8-2-4-13-23-18/h2-5,7-9,13-14,17,28H,6,10-12H2,1H3/b16-7+/t17?,22-/m1/s1. The zero-order valence-electron chi connectivity index (χ0n) is 15.7. The summed E-state index contributed by atoms with van der Waals surface area (Å²) in [4.78, 5) is 20.9. The van der Waals surface area contributed by atoms with Crippen LogP contribution in [0.4, 0.5) is 0 Å². The lowest BCUT2D eigenvalue weighted by molar-refractivity contribution is -0.136. The Labute approximate surface area is 163 Å². The fourth-order valence-electron chi connectivity index (χ4n) is 3.85. The Balaban J connectivity index is 1.81. The van der Waals surface area contributed by atoms with Crippen molar-refractivity contribution in [2.75, 3.05) is 0 Å². The molecule has 4 rings (SSSR count). The molecule has 2 aliphatic rings. The molecule has 0 fully saturated rings. The number of carbonyl (C=O) groups is 1. The number of fused-ring (bicyclic) bond motifs is 1. The van der Waals surface area contributed by atoms with Crippen molar-refractivity contribution in [1.29, 1.82) is 0 Å². The lowest BCUT2D eigenvalue weighted by atomic mass is 9.76. The predicted molar refractivity (Wildman–Crippen MR) is 107 cm³/mol. The van der Waals surface area contributed by atoms with E-state index in [0.717, 1.165) is 28.4 Å². The van der Waals surface area contributed by atoms with Gasteiger partial charge in [0.05, 0.1) is 17.1 Å². The van der Waals surface area contributed by atoms with Crippen LogP contribution in [-0.4, -0.2) is 37.9 Å². The highest BCUT2D eigenvalue weighted by atomic mass is 16.3. The summed E-state index contributed by atoms with van der Waals surface area (Å²) in [5.74, 6) is -0.286. The lowest BCUT2D eigenvalue weighted by Crippen LogP contribution is -2.40. The number of hydrogen-bond donors (Lipinski definition) is 1. The molecule has 1 N–H and O–H groups in total. The number of nitrogens with zero attached hydrogens (tertiary/aromatic N) is 4. The first kappa shape index (κ1) is 18.4. The van der Waals surface area contributed by atoms with Gasteiger partial charge in [0.1, 0.15) is 11.3 Å². The summed E-state index contributed by atoms with van der Waals surface area (Å²) in [6.07, 6.45) is 7.50. The number of pyridine rings is 2. The largest absolute Gasteiger partial charge is 0.382 e. The fourth-order valence-corrected chi connectivity index (χ4v) is 3.85. The van der Waals surface area contributed by atoms with Crippen LogP contribution >= 0.6 is 0 Å². The Bertz CT molecular complexity index is 967. The Morgan fingerprint density at radius 2 is 1.75 bits per heavy atom. The smallest absolute Gasteiger partial charge is 0.161 e. The van der Waals surface area contributed by atoms with Crippen LogP contribution in [0.5, 0.6) is 0 Å². The molecule has 3 heterocycles. The molecule has 6 nitrogen and oxygen atoms in total. The number of allylic oxidation sites excluding steroid dienone is 2. The first-order valence-corrected chi connectivity index (χ1v) is 9.51. The molecule has 2 aromatic rings. The number of hydrogen-bond acceptors (Lipinski definition) is 6. The van der Waals surface area contributed by atoms with Gasteiger partial charge in [0, 0.05) is 18.3 Å². The van der Waals surface area contributed by atoms with E-state index in [2.05, 4.69) is 26.2 Å². The molecule has 6 heteroatoms. The van der Waals surface area contributed by atoms with Gasteiger partial charge >= 0.3 is 0 Å². The van der Waals surface area contributed by atoms with E-state index in [9.17, 15) is 9.90 Å². The molecule has 1 unspecified atom stereocenters. The third-order valence-electron chi connectivity index (χ3n) is 5.50. The van der Waals surface area contributed by atoms with Crippen molar-refractivity contribution in [3.05, 3.63) is 71.8 Å². The van der Waals surface area contributed by atoms with E-state index in [-0.39, 0.29) is 11.7 Å². The minimum atomic E-state index is -1.29. The van der Waals surface area contributed by atoms with Gasteiger partial charge in [-0.3, -0.25) is 14.8 Å². The summed E-state index contributed by atoms with van der Waals surface area (Å²) in [6, 6.07) is 11.4. The van der Waals surface area contributed by atoms with Crippen molar-refractivity contribution < 1.29 is 9.90 Å². The Kier molecular flexibility index (Phi) is 4.96. The maximum absolute atomic E-state index is 12.0. The van der Waals surface area contributed by atoms with Crippen LogP contribution in [0.1, 0.15) is 44.0 Å². The fraction of sp³-hybridized carbons (Fsp3) is 0.318. The van der Waals surface area contributed by atoms with Gasteiger partial charge in [0.15, 0.2) is 5.78 Å². The van der Waals surface area contributed by atoms with Gasteiger partial charge < -0.3 is 5.11 Å². The van der Waals surface area contributed by atoms with Crippen molar-refractivity contribution in [2.45, 2.75) is 38.2 Å². The molecule has 0 radical (unpaired) electrons. The molecular weight excluding hydrogens is 352 g/mol. The normalized spacial score (nSPS) is 26.6. The van der Waals surface area contributed by atoms with Crippen LogP contribution in [0.3, 0.4) is 0 Å². The van der Waals surface area contributed by atoms with Crippen LogP contribution in [0.25, 0.3) is 0 Å². The summed E-state index contributed by atoms with van der Waals surface area (Å²) in [5.41, 5.74) is 2.79. The molecule has 28 heavy (non-hydrogen) atoms. The second kappa shape index (κ2) is 7.56. The van der Waals surface area contributed by atoms with E-state index in [1.807, 2.05) is 36.4 Å². The summed E-state index contributed by atoms with van der Waals surface area (Å²) in [6.45, 7) is 1.46. The average Bonchev–Trinajstić information content (AvgIpc) is 2.72. The van der Waals surface area contributed by atoms with Crippen molar-refractivity contribution >= 4 is 17.2 Å². The number of rotatable bonds is 3. The number of Topliss-reactive ketones (excluding diaryl/α,β-unsaturated/α-hetero) is 1. The van der Waals surface area contributed by atoms with Gasteiger partial charge in [-0.1, -0.05) is 18.2 Å². The maximum atomic E-state index is 12.0. The summed E-state index contributed by atoms with van der Waals surface area (Å²) >= 11 is 0. The minimum Gasteiger partial charge on any atom is -0.382 e. The zero-order valence-corrected chi connectivity index (χ0v) is 15.7. The molecule has 2 aromatic heterocycles. The van der Waals surface area contributed by atoms with Gasteiger partial charge in [0.2, 0.25) is 0 Å². The Morgan fingerprint density at radius 3 is 2.39 bits per heavy atom. The Hall–Kier alpha value is -2.99. The summed E-state index contributed by atoms with van der Waals surface area (Å²) in [5, 5.41) is 19.8. The van der Waals surface area contributed by atoms with Crippen LogP contribution in [0, 0.1) is 5.92 Å². The molecule has 0 amide bonds. The highest BCUT2D eigenvalue weighted by Crippen LogP contribution is 2.35. The third kappa shape index (κ3) is 3.43. The molecule has 1 aliphatic carbocycles. The van der Waals surface area contributed by atoms with Gasteiger partial charge in [0.25, 0.3) is 0 Å². The second-order valence-electron chi connectivity index (χ2n) is 7.24. The van der Waals surface area contributed by atoms with Crippen LogP contribution in [-0.2, 0) is 4.79 Å². The maximum Gasteiger partial charge on any atom is 0.161 e. The van der Waals surface area contributed by atoms with Crippen molar-refractivity contribution in [3.8, 4) is 0 Å². The van der Waals surface area contributed by atoms with E-state index in [0.29, 0.717) is 25.7 Å². The summed E-state index contributed by atoms with van der Waals surface area (Å²) in [7, 11) is 0. The molecule has 0 spiro atoms. The molecule has 0 aromatic carbocycles. The van der Waals surface area contributed by atoms with E-state index < -0.39 is 5.60 Å². The number of carbonyl (C=O) groups excluding carboxylic acids is 1. The monoisotopic (exact) mass is 374 g/mol. The van der Waals surface area contributed by atoms with Gasteiger partial charge in [-0.2, -0.15) is 5.10 Å². The third-order valence-corrected chi connectivity index (χ3v) is 5.50. The molecule has 2 atom stereocenters. The summed E-state index contributed by atoms with van der Waals surface area (Å²) < 4.78 is 0. The van der Waals surface area contributed by atoms with Crippen molar-refractivity contribution in [2.24, 2.45) is 16.1 Å². The van der Waals surface area contributed by atoms with Crippen molar-refractivity contribution in [3.63, 3.8) is 0 Å². The van der Waals surface area contributed by atoms with Crippen LogP contribution in [0.15, 0.2) is 70.6 Å². The highest BCUT2D eigenvalue weighted by molar-refractivity contribution is 6.19. The van der Waals surface area contributed by atoms with Gasteiger partial charge in [-0.05, 0) is 62.4 Å². The first-order valence-electron chi connectivity index (χ1n) is 9.51. The molecule has 142 valence electrons. The lowest BCUT2D eigenvalue weighted by Gasteiger charge is -2.32. The molecule has 0 bridgehead atoms. The minimum absolute atomic E-state index is 0.101. The average molecular weight is 374 g/mol. The number of ketones is 1. The molecule has 1 aliphatic heterocycles. The molecule has 0 saturated carbocycles. The number of aliphatic hydroxyl groups is 1. The first-order chi connectivity index (χ1) is 13.6. The Morgan fingerprint density at radius 1 is 1.04 bits per heavy atom. The quantitative estimate of drug-likeness (QED) is 0.894. The predicted octanol–water partition coefficient (Wildman–Crippen LogP) is 3.12. The van der Waals surface area contributed by atoms with Gasteiger partial charge in [-0.15, -0.1) is 5.10 Å². The second-order valence-corrected chi connectivity index (χ2v) is 7.24. The SMILES string of the molecule is CC(=O)[C@@]1(O)CC/C=C2/C(c3ccccn3)=NN=C(c3ccccn3)C2CC1. The zero-order chi connectivity index (χ0) is 19.6. The van der Waals surface area contributed by atoms with Gasteiger partial charge in [-0.25, -0.2) is 0 Å². The van der Waals surface area contributed by atoms with E-state index >= 15 is 0 Å². The van der Waals surface area contributed by atoms with E-state index in [1.165, 1.54) is 6.92 Å². The highest BCUT2D eigenvalue weighted by Gasteiger charge is 2.38. The van der Waals surface area contributed by atoms with E-state index in [1.54, 1.807) is 12.4 Å². The topological polar surface area (TPSA) is 87.8 Å².